The van der Waals surface area contributed by atoms with Crippen molar-refractivity contribution in [2.75, 3.05) is 20.8 Å². The zero-order chi connectivity index (χ0) is 16.8. The topological polar surface area (TPSA) is 60.5 Å². The summed E-state index contributed by atoms with van der Waals surface area (Å²) in [5, 5.41) is 6.08. The average Bonchev–Trinajstić information content (AvgIpc) is 3.03. The van der Waals surface area contributed by atoms with Crippen LogP contribution in [0.2, 0.25) is 0 Å². The molecule has 124 valence electrons. The SMILES string of the molecule is COc1ccc(C(=O)NCCc2csc(C(C)C)n2)c(OC)c1. The van der Waals surface area contributed by atoms with Crippen molar-refractivity contribution in [2.24, 2.45) is 0 Å². The number of carbonyl (C=O) groups is 1. The minimum absolute atomic E-state index is 0.163. The van der Waals surface area contributed by atoms with E-state index in [9.17, 15) is 4.79 Å². The highest BCUT2D eigenvalue weighted by atomic mass is 32.1. The Hall–Kier alpha value is -2.08. The summed E-state index contributed by atoms with van der Waals surface area (Å²) in [6.45, 7) is 4.79. The molecule has 1 aromatic heterocycles. The second-order valence-electron chi connectivity index (χ2n) is 5.40. The molecule has 0 saturated heterocycles. The number of methoxy groups -OCH3 is 2. The molecule has 2 aromatic rings. The molecule has 0 aliphatic heterocycles. The number of nitrogens with zero attached hydrogens (tertiary/aromatic N) is 1. The van der Waals surface area contributed by atoms with E-state index in [-0.39, 0.29) is 5.91 Å². The molecule has 0 bridgehead atoms. The fourth-order valence-electron chi connectivity index (χ4n) is 2.09. The van der Waals surface area contributed by atoms with Gasteiger partial charge in [-0.2, -0.15) is 0 Å². The van der Waals surface area contributed by atoms with Crippen LogP contribution in [0.1, 0.15) is 40.8 Å². The van der Waals surface area contributed by atoms with Crippen LogP contribution in [0.4, 0.5) is 0 Å². The first-order chi connectivity index (χ1) is 11.0. The maximum absolute atomic E-state index is 12.3. The molecular formula is C17H22N2O3S. The van der Waals surface area contributed by atoms with Crippen LogP contribution >= 0.6 is 11.3 Å². The van der Waals surface area contributed by atoms with Crippen LogP contribution in [0.5, 0.6) is 11.5 Å². The zero-order valence-electron chi connectivity index (χ0n) is 13.9. The van der Waals surface area contributed by atoms with E-state index in [1.165, 1.54) is 7.11 Å². The van der Waals surface area contributed by atoms with Gasteiger partial charge in [0.05, 0.1) is 30.5 Å². The van der Waals surface area contributed by atoms with Crippen molar-refractivity contribution in [3.8, 4) is 11.5 Å². The van der Waals surface area contributed by atoms with Gasteiger partial charge in [-0.3, -0.25) is 4.79 Å². The number of thiazole rings is 1. The number of ether oxygens (including phenoxy) is 2. The average molecular weight is 334 g/mol. The Bertz CT molecular complexity index is 668. The van der Waals surface area contributed by atoms with Gasteiger partial charge in [0.25, 0.3) is 5.91 Å². The van der Waals surface area contributed by atoms with E-state index >= 15 is 0 Å². The smallest absolute Gasteiger partial charge is 0.255 e. The highest BCUT2D eigenvalue weighted by molar-refractivity contribution is 7.09. The summed E-state index contributed by atoms with van der Waals surface area (Å²) >= 11 is 1.67. The minimum atomic E-state index is -0.163. The lowest BCUT2D eigenvalue weighted by molar-refractivity contribution is 0.0951. The molecule has 1 amide bonds. The first-order valence-corrected chi connectivity index (χ1v) is 8.37. The molecular weight excluding hydrogens is 312 g/mol. The van der Waals surface area contributed by atoms with E-state index in [1.54, 1.807) is 36.6 Å². The van der Waals surface area contributed by atoms with E-state index in [4.69, 9.17) is 9.47 Å². The molecule has 1 N–H and O–H groups in total. The maximum atomic E-state index is 12.3. The number of benzene rings is 1. The lowest BCUT2D eigenvalue weighted by atomic mass is 10.1. The van der Waals surface area contributed by atoms with Gasteiger partial charge in [0, 0.05) is 30.3 Å². The summed E-state index contributed by atoms with van der Waals surface area (Å²) in [6, 6.07) is 5.14. The van der Waals surface area contributed by atoms with Crippen LogP contribution in [-0.4, -0.2) is 31.7 Å². The molecule has 2 rings (SSSR count). The largest absolute Gasteiger partial charge is 0.497 e. The van der Waals surface area contributed by atoms with Crippen molar-refractivity contribution in [3.05, 3.63) is 39.8 Å². The summed E-state index contributed by atoms with van der Waals surface area (Å²) in [5.41, 5.74) is 1.51. The molecule has 0 saturated carbocycles. The highest BCUT2D eigenvalue weighted by Gasteiger charge is 2.13. The summed E-state index contributed by atoms with van der Waals surface area (Å²) in [6.07, 6.45) is 0.716. The summed E-state index contributed by atoms with van der Waals surface area (Å²) in [4.78, 5) is 16.8. The first kappa shape index (κ1) is 17.3. The molecule has 0 spiro atoms. The number of nitrogens with one attached hydrogen (secondary N) is 1. The Morgan fingerprint density at radius 1 is 1.30 bits per heavy atom. The molecule has 1 heterocycles. The van der Waals surface area contributed by atoms with E-state index in [0.29, 0.717) is 35.9 Å². The van der Waals surface area contributed by atoms with Gasteiger partial charge in [0.1, 0.15) is 11.5 Å². The van der Waals surface area contributed by atoms with Crippen LogP contribution in [0.15, 0.2) is 23.6 Å². The van der Waals surface area contributed by atoms with Crippen LogP contribution in [-0.2, 0) is 6.42 Å². The summed E-state index contributed by atoms with van der Waals surface area (Å²) in [5.74, 6) is 1.43. The summed E-state index contributed by atoms with van der Waals surface area (Å²) in [7, 11) is 3.11. The second-order valence-corrected chi connectivity index (χ2v) is 6.29. The molecule has 0 fully saturated rings. The van der Waals surface area contributed by atoms with Gasteiger partial charge in [-0.05, 0) is 12.1 Å². The van der Waals surface area contributed by atoms with Gasteiger partial charge >= 0.3 is 0 Å². The van der Waals surface area contributed by atoms with Gasteiger partial charge < -0.3 is 14.8 Å². The molecule has 0 aliphatic carbocycles. The molecule has 0 radical (unpaired) electrons. The number of aromatic nitrogens is 1. The molecule has 5 nitrogen and oxygen atoms in total. The van der Waals surface area contributed by atoms with E-state index < -0.39 is 0 Å². The Morgan fingerprint density at radius 2 is 2.09 bits per heavy atom. The molecule has 23 heavy (non-hydrogen) atoms. The van der Waals surface area contributed by atoms with Crippen LogP contribution in [0, 0.1) is 0 Å². The van der Waals surface area contributed by atoms with Gasteiger partial charge in [-0.1, -0.05) is 13.8 Å². The zero-order valence-corrected chi connectivity index (χ0v) is 14.7. The van der Waals surface area contributed by atoms with Crippen molar-refractivity contribution in [3.63, 3.8) is 0 Å². The van der Waals surface area contributed by atoms with Crippen molar-refractivity contribution >= 4 is 17.2 Å². The van der Waals surface area contributed by atoms with Gasteiger partial charge in [0.15, 0.2) is 0 Å². The van der Waals surface area contributed by atoms with Gasteiger partial charge in [-0.15, -0.1) is 11.3 Å². The quantitative estimate of drug-likeness (QED) is 0.844. The number of hydrogen-bond acceptors (Lipinski definition) is 5. The summed E-state index contributed by atoms with van der Waals surface area (Å²) < 4.78 is 10.4. The fraction of sp³-hybridized carbons (Fsp3) is 0.412. The van der Waals surface area contributed by atoms with Crippen LogP contribution < -0.4 is 14.8 Å². The maximum Gasteiger partial charge on any atom is 0.255 e. The van der Waals surface area contributed by atoms with Crippen LogP contribution in [0.25, 0.3) is 0 Å². The van der Waals surface area contributed by atoms with Crippen molar-refractivity contribution in [1.29, 1.82) is 0 Å². The minimum Gasteiger partial charge on any atom is -0.497 e. The Labute approximate surface area is 140 Å². The molecule has 0 atom stereocenters. The number of carbonyl (C=O) groups excluding carboxylic acids is 1. The number of hydrogen-bond donors (Lipinski definition) is 1. The molecule has 6 heteroatoms. The third kappa shape index (κ3) is 4.45. The lowest BCUT2D eigenvalue weighted by Crippen LogP contribution is -2.26. The number of rotatable bonds is 7. The molecule has 1 aromatic carbocycles. The Balaban J connectivity index is 1.94. The van der Waals surface area contributed by atoms with Gasteiger partial charge in [-0.25, -0.2) is 4.98 Å². The normalized spacial score (nSPS) is 10.7. The fourth-order valence-corrected chi connectivity index (χ4v) is 2.96. The van der Waals surface area contributed by atoms with Crippen molar-refractivity contribution < 1.29 is 14.3 Å². The Morgan fingerprint density at radius 3 is 2.70 bits per heavy atom. The lowest BCUT2D eigenvalue weighted by Gasteiger charge is -2.10. The van der Waals surface area contributed by atoms with E-state index in [2.05, 4.69) is 29.5 Å². The highest BCUT2D eigenvalue weighted by Crippen LogP contribution is 2.24. The predicted octanol–water partition coefficient (Wildman–Crippen LogP) is 3.26. The predicted molar refractivity (Wildman–Crippen MR) is 91.8 cm³/mol. The van der Waals surface area contributed by atoms with Gasteiger partial charge in [0.2, 0.25) is 0 Å². The first-order valence-electron chi connectivity index (χ1n) is 7.49. The van der Waals surface area contributed by atoms with Crippen molar-refractivity contribution in [1.82, 2.24) is 10.3 Å². The van der Waals surface area contributed by atoms with E-state index in [0.717, 1.165) is 10.7 Å². The van der Waals surface area contributed by atoms with Crippen molar-refractivity contribution in [2.45, 2.75) is 26.2 Å². The molecule has 0 unspecified atom stereocenters. The standard InChI is InChI=1S/C17H22N2O3S/c1-11(2)17-19-12(10-23-17)7-8-18-16(20)14-6-5-13(21-3)9-15(14)22-4/h5-6,9-11H,7-8H2,1-4H3,(H,18,20). The number of amides is 1. The Kier molecular flexibility index (Phi) is 5.98. The van der Waals surface area contributed by atoms with Crippen LogP contribution in [0.3, 0.4) is 0 Å². The molecule has 0 aliphatic rings. The van der Waals surface area contributed by atoms with E-state index in [1.807, 2.05) is 0 Å². The monoisotopic (exact) mass is 334 g/mol. The third-order valence-corrected chi connectivity index (χ3v) is 4.58. The third-order valence-electron chi connectivity index (χ3n) is 3.38. The second kappa shape index (κ2) is 7.97.